The molecule has 1 aromatic heterocycles. The number of carbonyl (C=O) groups excluding carboxylic acids is 1. The van der Waals surface area contributed by atoms with Crippen LogP contribution in [0.25, 0.3) is 0 Å². The Morgan fingerprint density at radius 1 is 1.39 bits per heavy atom. The van der Waals surface area contributed by atoms with Gasteiger partial charge in [0, 0.05) is 21.8 Å². The summed E-state index contributed by atoms with van der Waals surface area (Å²) in [4.78, 5) is 14.5. The largest absolute Gasteiger partial charge is 0.436 e. The monoisotopic (exact) mass is 309 g/mol. The molecule has 0 radical (unpaired) electrons. The number of nitrogens with zero attached hydrogens (tertiary/aromatic N) is 1. The van der Waals surface area contributed by atoms with E-state index in [-0.39, 0.29) is 11.6 Å². The lowest BCUT2D eigenvalue weighted by Crippen LogP contribution is -1.95. The number of aromatic nitrogens is 1. The third kappa shape index (κ3) is 2.73. The Balaban J connectivity index is 2.31. The van der Waals surface area contributed by atoms with Crippen LogP contribution in [0.1, 0.15) is 15.9 Å². The van der Waals surface area contributed by atoms with E-state index in [9.17, 15) is 9.18 Å². The molecule has 1 aromatic carbocycles. The Kier molecular flexibility index (Phi) is 3.72. The van der Waals surface area contributed by atoms with Crippen LogP contribution in [0.5, 0.6) is 11.6 Å². The lowest BCUT2D eigenvalue weighted by atomic mass is 10.2. The number of aldehydes is 1. The van der Waals surface area contributed by atoms with E-state index in [0.29, 0.717) is 21.9 Å². The Morgan fingerprint density at radius 2 is 2.17 bits per heavy atom. The predicted octanol–water partition coefficient (Wildman–Crippen LogP) is 3.90. The zero-order valence-electron chi connectivity index (χ0n) is 9.48. The predicted molar refractivity (Wildman–Crippen MR) is 68.5 cm³/mol. The van der Waals surface area contributed by atoms with Crippen molar-refractivity contribution >= 4 is 22.2 Å². The molecule has 0 aliphatic rings. The second kappa shape index (κ2) is 5.27. The van der Waals surface area contributed by atoms with Gasteiger partial charge in [-0.25, -0.2) is 9.37 Å². The summed E-state index contributed by atoms with van der Waals surface area (Å²) in [6, 6.07) is 6.12. The van der Waals surface area contributed by atoms with E-state index in [0.717, 1.165) is 0 Å². The molecule has 5 heteroatoms. The first-order chi connectivity index (χ1) is 8.60. The number of halogens is 2. The number of hydrogen-bond acceptors (Lipinski definition) is 3. The standard InChI is InChI=1S/C13H9BrFNO2/c1-8-4-9(7-17)6-16-13(8)18-12-3-2-10(14)5-11(12)15/h2-7H,1H3. The van der Waals surface area contributed by atoms with E-state index in [2.05, 4.69) is 20.9 Å². The van der Waals surface area contributed by atoms with E-state index >= 15 is 0 Å². The maximum atomic E-state index is 13.6. The highest BCUT2D eigenvalue weighted by atomic mass is 79.9. The summed E-state index contributed by atoms with van der Waals surface area (Å²) in [5, 5.41) is 0. The summed E-state index contributed by atoms with van der Waals surface area (Å²) in [5.74, 6) is -0.112. The van der Waals surface area contributed by atoms with Gasteiger partial charge in [0.25, 0.3) is 0 Å². The first-order valence-corrected chi connectivity index (χ1v) is 5.94. The van der Waals surface area contributed by atoms with Gasteiger partial charge in [0.1, 0.15) is 0 Å². The van der Waals surface area contributed by atoms with Crippen molar-refractivity contribution in [3.8, 4) is 11.6 Å². The molecule has 0 saturated carbocycles. The molecule has 0 amide bonds. The number of rotatable bonds is 3. The topological polar surface area (TPSA) is 39.2 Å². The molecule has 92 valence electrons. The molecular weight excluding hydrogens is 301 g/mol. The fraction of sp³-hybridized carbons (Fsp3) is 0.0769. The second-order valence-corrected chi connectivity index (χ2v) is 4.60. The van der Waals surface area contributed by atoms with Gasteiger partial charge in [-0.2, -0.15) is 0 Å². The van der Waals surface area contributed by atoms with Crippen LogP contribution in [0.15, 0.2) is 34.9 Å². The third-order valence-electron chi connectivity index (χ3n) is 2.29. The fourth-order valence-corrected chi connectivity index (χ4v) is 1.75. The number of aryl methyl sites for hydroxylation is 1. The molecule has 0 aliphatic carbocycles. The minimum atomic E-state index is -0.481. The highest BCUT2D eigenvalue weighted by Gasteiger charge is 2.08. The fourth-order valence-electron chi connectivity index (χ4n) is 1.42. The summed E-state index contributed by atoms with van der Waals surface area (Å²) < 4.78 is 19.6. The second-order valence-electron chi connectivity index (χ2n) is 3.69. The summed E-state index contributed by atoms with van der Waals surface area (Å²) in [6.45, 7) is 1.74. The van der Waals surface area contributed by atoms with Crippen molar-refractivity contribution in [2.45, 2.75) is 6.92 Å². The van der Waals surface area contributed by atoms with E-state index in [1.165, 1.54) is 18.3 Å². The number of pyridine rings is 1. The molecular formula is C13H9BrFNO2. The van der Waals surface area contributed by atoms with Crippen LogP contribution in [0, 0.1) is 12.7 Å². The van der Waals surface area contributed by atoms with Crippen LogP contribution < -0.4 is 4.74 Å². The third-order valence-corrected chi connectivity index (χ3v) is 2.78. The van der Waals surface area contributed by atoms with Gasteiger partial charge in [-0.15, -0.1) is 0 Å². The first kappa shape index (κ1) is 12.7. The van der Waals surface area contributed by atoms with Crippen molar-refractivity contribution in [2.24, 2.45) is 0 Å². The maximum absolute atomic E-state index is 13.6. The van der Waals surface area contributed by atoms with Gasteiger partial charge in [-0.05, 0) is 31.2 Å². The van der Waals surface area contributed by atoms with Gasteiger partial charge >= 0.3 is 0 Å². The Bertz CT molecular complexity index is 602. The van der Waals surface area contributed by atoms with E-state index in [4.69, 9.17) is 4.74 Å². The molecule has 0 atom stereocenters. The molecule has 18 heavy (non-hydrogen) atoms. The summed E-state index contributed by atoms with van der Waals surface area (Å²) in [7, 11) is 0. The average molecular weight is 310 g/mol. The van der Waals surface area contributed by atoms with Crippen molar-refractivity contribution in [3.63, 3.8) is 0 Å². The number of hydrogen-bond donors (Lipinski definition) is 0. The van der Waals surface area contributed by atoms with Crippen molar-refractivity contribution in [2.75, 3.05) is 0 Å². The number of carbonyl (C=O) groups is 1. The minimum absolute atomic E-state index is 0.0904. The van der Waals surface area contributed by atoms with E-state index in [1.54, 1.807) is 19.1 Å². The van der Waals surface area contributed by atoms with Gasteiger partial charge in [-0.3, -0.25) is 4.79 Å². The molecule has 2 aromatic rings. The zero-order valence-corrected chi connectivity index (χ0v) is 11.1. The minimum Gasteiger partial charge on any atom is -0.436 e. The average Bonchev–Trinajstić information content (AvgIpc) is 2.34. The van der Waals surface area contributed by atoms with Crippen LogP contribution in [0.2, 0.25) is 0 Å². The molecule has 0 aliphatic heterocycles. The summed E-state index contributed by atoms with van der Waals surface area (Å²) >= 11 is 3.17. The molecule has 2 rings (SSSR count). The van der Waals surface area contributed by atoms with Gasteiger partial charge in [-0.1, -0.05) is 15.9 Å². The van der Waals surface area contributed by atoms with Crippen LogP contribution in [-0.2, 0) is 0 Å². The summed E-state index contributed by atoms with van der Waals surface area (Å²) in [6.07, 6.45) is 2.08. The first-order valence-electron chi connectivity index (χ1n) is 5.15. The molecule has 0 N–H and O–H groups in total. The van der Waals surface area contributed by atoms with E-state index < -0.39 is 5.82 Å². The van der Waals surface area contributed by atoms with Crippen molar-refractivity contribution < 1.29 is 13.9 Å². The normalized spacial score (nSPS) is 10.2. The lowest BCUT2D eigenvalue weighted by molar-refractivity contribution is 0.112. The molecule has 0 saturated heterocycles. The highest BCUT2D eigenvalue weighted by molar-refractivity contribution is 9.10. The molecule has 0 unspecified atom stereocenters. The van der Waals surface area contributed by atoms with Crippen molar-refractivity contribution in [1.82, 2.24) is 4.98 Å². The highest BCUT2D eigenvalue weighted by Crippen LogP contribution is 2.27. The van der Waals surface area contributed by atoms with Crippen molar-refractivity contribution in [3.05, 3.63) is 51.9 Å². The Morgan fingerprint density at radius 3 is 2.78 bits per heavy atom. The van der Waals surface area contributed by atoms with Gasteiger partial charge in [0.05, 0.1) is 0 Å². The van der Waals surface area contributed by atoms with Crippen LogP contribution in [0.4, 0.5) is 4.39 Å². The van der Waals surface area contributed by atoms with Gasteiger partial charge < -0.3 is 4.74 Å². The van der Waals surface area contributed by atoms with E-state index in [1.807, 2.05) is 0 Å². The Labute approximate surface area is 112 Å². The van der Waals surface area contributed by atoms with Crippen LogP contribution in [-0.4, -0.2) is 11.3 Å². The van der Waals surface area contributed by atoms with Gasteiger partial charge in [0.2, 0.25) is 5.88 Å². The lowest BCUT2D eigenvalue weighted by Gasteiger charge is -2.08. The smallest absolute Gasteiger partial charge is 0.222 e. The zero-order chi connectivity index (χ0) is 13.1. The number of benzene rings is 1. The molecule has 0 fully saturated rings. The molecule has 0 spiro atoms. The summed E-state index contributed by atoms with van der Waals surface area (Å²) in [5.41, 5.74) is 1.12. The van der Waals surface area contributed by atoms with Crippen LogP contribution in [0.3, 0.4) is 0 Å². The molecule has 0 bridgehead atoms. The Hall–Kier alpha value is -1.75. The van der Waals surface area contributed by atoms with Crippen LogP contribution >= 0.6 is 15.9 Å². The molecule has 3 nitrogen and oxygen atoms in total. The molecule has 1 heterocycles. The maximum Gasteiger partial charge on any atom is 0.222 e. The van der Waals surface area contributed by atoms with Crippen molar-refractivity contribution in [1.29, 1.82) is 0 Å². The quantitative estimate of drug-likeness (QED) is 0.807. The number of ether oxygens (including phenoxy) is 1. The van der Waals surface area contributed by atoms with Gasteiger partial charge in [0.15, 0.2) is 17.9 Å². The SMILES string of the molecule is Cc1cc(C=O)cnc1Oc1ccc(Br)cc1F.